The standard InChI is InChI=1S/C17H20N2O6S/c1-10-4-5-12(8-11(10)2)15(17(21)22)19-16(20)14-7-6-13(25-14)9-18-26(3,23)24/h4-8,15,18H,9H2,1-3H3,(H,19,20)(H,21,22). The molecule has 0 fully saturated rings. The molecule has 0 aliphatic heterocycles. The number of carbonyl (C=O) groups is 2. The first kappa shape index (κ1) is 19.7. The van der Waals surface area contributed by atoms with Crippen molar-refractivity contribution in [2.75, 3.05) is 6.26 Å². The maximum absolute atomic E-state index is 12.3. The summed E-state index contributed by atoms with van der Waals surface area (Å²) in [5, 5.41) is 11.9. The van der Waals surface area contributed by atoms with Gasteiger partial charge in [-0.1, -0.05) is 18.2 Å². The number of sulfonamides is 1. The van der Waals surface area contributed by atoms with E-state index in [9.17, 15) is 23.1 Å². The molecule has 2 rings (SSSR count). The van der Waals surface area contributed by atoms with Crippen LogP contribution in [-0.2, 0) is 21.4 Å². The van der Waals surface area contributed by atoms with Crippen molar-refractivity contribution in [3.8, 4) is 0 Å². The maximum Gasteiger partial charge on any atom is 0.330 e. The van der Waals surface area contributed by atoms with Crippen LogP contribution in [0, 0.1) is 13.8 Å². The number of furan rings is 1. The Labute approximate surface area is 151 Å². The zero-order chi connectivity index (χ0) is 19.5. The number of aliphatic carboxylic acids is 1. The van der Waals surface area contributed by atoms with Crippen LogP contribution in [0.4, 0.5) is 0 Å². The number of benzene rings is 1. The van der Waals surface area contributed by atoms with Crippen LogP contribution in [0.1, 0.15) is 39.0 Å². The fourth-order valence-electron chi connectivity index (χ4n) is 2.23. The van der Waals surface area contributed by atoms with E-state index in [1.165, 1.54) is 12.1 Å². The molecule has 26 heavy (non-hydrogen) atoms. The summed E-state index contributed by atoms with van der Waals surface area (Å²) < 4.78 is 29.7. The van der Waals surface area contributed by atoms with Crippen LogP contribution in [0.2, 0.25) is 0 Å². The molecule has 0 aliphatic rings. The lowest BCUT2D eigenvalue weighted by Gasteiger charge is -2.15. The van der Waals surface area contributed by atoms with Gasteiger partial charge in [-0.3, -0.25) is 4.79 Å². The smallest absolute Gasteiger partial charge is 0.330 e. The predicted molar refractivity (Wildman–Crippen MR) is 94.2 cm³/mol. The Balaban J connectivity index is 2.14. The molecule has 1 unspecified atom stereocenters. The number of carbonyl (C=O) groups excluding carboxylic acids is 1. The van der Waals surface area contributed by atoms with Crippen molar-refractivity contribution in [3.63, 3.8) is 0 Å². The summed E-state index contributed by atoms with van der Waals surface area (Å²) in [6.45, 7) is 3.65. The molecular weight excluding hydrogens is 360 g/mol. The van der Waals surface area contributed by atoms with E-state index in [0.717, 1.165) is 17.4 Å². The monoisotopic (exact) mass is 380 g/mol. The highest BCUT2D eigenvalue weighted by atomic mass is 32.2. The molecule has 0 saturated carbocycles. The average molecular weight is 380 g/mol. The number of hydrogen-bond donors (Lipinski definition) is 3. The molecule has 1 amide bonds. The molecule has 0 aliphatic carbocycles. The van der Waals surface area contributed by atoms with Crippen molar-refractivity contribution in [2.24, 2.45) is 0 Å². The second-order valence-corrected chi connectivity index (χ2v) is 7.78. The highest BCUT2D eigenvalue weighted by molar-refractivity contribution is 7.88. The summed E-state index contributed by atoms with van der Waals surface area (Å²) in [5.41, 5.74) is 2.37. The minimum absolute atomic E-state index is 0.106. The minimum Gasteiger partial charge on any atom is -0.479 e. The van der Waals surface area contributed by atoms with Crippen LogP contribution < -0.4 is 10.0 Å². The van der Waals surface area contributed by atoms with E-state index in [1.807, 2.05) is 13.8 Å². The van der Waals surface area contributed by atoms with Gasteiger partial charge in [0.1, 0.15) is 5.76 Å². The van der Waals surface area contributed by atoms with Gasteiger partial charge in [-0.15, -0.1) is 0 Å². The molecule has 2 aromatic rings. The quantitative estimate of drug-likeness (QED) is 0.668. The van der Waals surface area contributed by atoms with Crippen molar-refractivity contribution >= 4 is 21.9 Å². The predicted octanol–water partition coefficient (Wildman–Crippen LogP) is 1.50. The summed E-state index contributed by atoms with van der Waals surface area (Å²) in [7, 11) is -3.40. The number of aryl methyl sites for hydroxylation is 2. The third-order valence-corrected chi connectivity index (χ3v) is 4.45. The van der Waals surface area contributed by atoms with Gasteiger partial charge in [-0.2, -0.15) is 0 Å². The second-order valence-electron chi connectivity index (χ2n) is 5.95. The van der Waals surface area contributed by atoms with Gasteiger partial charge in [0.2, 0.25) is 10.0 Å². The number of carboxylic acid groups (broad SMARTS) is 1. The van der Waals surface area contributed by atoms with E-state index in [2.05, 4.69) is 10.0 Å². The van der Waals surface area contributed by atoms with Gasteiger partial charge in [0.05, 0.1) is 12.8 Å². The summed E-state index contributed by atoms with van der Waals surface area (Å²) in [5.74, 6) is -1.78. The van der Waals surface area contributed by atoms with Gasteiger partial charge in [0.25, 0.3) is 5.91 Å². The van der Waals surface area contributed by atoms with Crippen molar-refractivity contribution in [3.05, 3.63) is 58.5 Å². The molecule has 0 bridgehead atoms. The van der Waals surface area contributed by atoms with E-state index >= 15 is 0 Å². The van der Waals surface area contributed by atoms with E-state index in [0.29, 0.717) is 5.56 Å². The molecular formula is C17H20N2O6S. The Kier molecular flexibility index (Phi) is 5.83. The SMILES string of the molecule is Cc1ccc(C(NC(=O)c2ccc(CNS(C)(=O)=O)o2)C(=O)O)cc1C. The van der Waals surface area contributed by atoms with Gasteiger partial charge in [-0.25, -0.2) is 17.9 Å². The molecule has 0 saturated heterocycles. The van der Waals surface area contributed by atoms with Crippen LogP contribution >= 0.6 is 0 Å². The highest BCUT2D eigenvalue weighted by Gasteiger charge is 2.24. The lowest BCUT2D eigenvalue weighted by atomic mass is 10.0. The van der Waals surface area contributed by atoms with E-state index in [1.54, 1.807) is 18.2 Å². The van der Waals surface area contributed by atoms with Crippen LogP contribution in [0.5, 0.6) is 0 Å². The van der Waals surface area contributed by atoms with Gasteiger partial charge >= 0.3 is 5.97 Å². The van der Waals surface area contributed by atoms with Gasteiger partial charge in [0, 0.05) is 0 Å². The largest absolute Gasteiger partial charge is 0.479 e. The molecule has 9 heteroatoms. The number of hydrogen-bond acceptors (Lipinski definition) is 5. The summed E-state index contributed by atoms with van der Waals surface area (Å²) >= 11 is 0. The van der Waals surface area contributed by atoms with Crippen molar-refractivity contribution in [1.82, 2.24) is 10.0 Å². The fourth-order valence-corrected chi connectivity index (χ4v) is 2.64. The molecule has 8 nitrogen and oxygen atoms in total. The Hall–Kier alpha value is -2.65. The number of rotatable bonds is 7. The zero-order valence-electron chi connectivity index (χ0n) is 14.6. The first-order chi connectivity index (χ1) is 12.1. The van der Waals surface area contributed by atoms with Crippen LogP contribution in [-0.4, -0.2) is 31.7 Å². The Morgan fingerprint density at radius 1 is 1.15 bits per heavy atom. The molecule has 1 aromatic heterocycles. The first-order valence-corrected chi connectivity index (χ1v) is 9.60. The topological polar surface area (TPSA) is 126 Å². The maximum atomic E-state index is 12.3. The zero-order valence-corrected chi connectivity index (χ0v) is 15.4. The highest BCUT2D eigenvalue weighted by Crippen LogP contribution is 2.19. The third-order valence-electron chi connectivity index (χ3n) is 3.78. The molecule has 0 spiro atoms. The average Bonchev–Trinajstić information content (AvgIpc) is 3.01. The van der Waals surface area contributed by atoms with Gasteiger partial charge in [0.15, 0.2) is 11.8 Å². The molecule has 1 atom stereocenters. The van der Waals surface area contributed by atoms with Crippen molar-refractivity contribution in [1.29, 1.82) is 0 Å². The number of carboxylic acids is 1. The van der Waals surface area contributed by atoms with E-state index in [-0.39, 0.29) is 18.1 Å². The first-order valence-electron chi connectivity index (χ1n) is 7.71. The Bertz CT molecular complexity index is 932. The second kappa shape index (κ2) is 7.71. The van der Waals surface area contributed by atoms with Crippen LogP contribution in [0.25, 0.3) is 0 Å². The fraction of sp³-hybridized carbons (Fsp3) is 0.294. The van der Waals surface area contributed by atoms with E-state index in [4.69, 9.17) is 4.42 Å². The number of amides is 1. The Morgan fingerprint density at radius 2 is 1.85 bits per heavy atom. The minimum atomic E-state index is -3.40. The van der Waals surface area contributed by atoms with Gasteiger partial charge in [-0.05, 0) is 42.7 Å². The van der Waals surface area contributed by atoms with Gasteiger partial charge < -0.3 is 14.8 Å². The third kappa shape index (κ3) is 5.17. The van der Waals surface area contributed by atoms with Crippen molar-refractivity contribution in [2.45, 2.75) is 26.4 Å². The lowest BCUT2D eigenvalue weighted by Crippen LogP contribution is -2.33. The molecule has 140 valence electrons. The number of nitrogens with one attached hydrogen (secondary N) is 2. The lowest BCUT2D eigenvalue weighted by molar-refractivity contribution is -0.139. The van der Waals surface area contributed by atoms with Crippen LogP contribution in [0.15, 0.2) is 34.7 Å². The summed E-state index contributed by atoms with van der Waals surface area (Å²) in [6, 6.07) is 6.70. The van der Waals surface area contributed by atoms with Crippen molar-refractivity contribution < 1.29 is 27.5 Å². The Morgan fingerprint density at radius 3 is 2.42 bits per heavy atom. The summed E-state index contributed by atoms with van der Waals surface area (Å²) in [4.78, 5) is 23.9. The molecule has 0 radical (unpaired) electrons. The molecule has 3 N–H and O–H groups in total. The molecule has 1 heterocycles. The normalized spacial score (nSPS) is 12.6. The van der Waals surface area contributed by atoms with E-state index < -0.39 is 27.9 Å². The molecule has 1 aromatic carbocycles. The summed E-state index contributed by atoms with van der Waals surface area (Å²) in [6.07, 6.45) is 1.00. The van der Waals surface area contributed by atoms with Crippen LogP contribution in [0.3, 0.4) is 0 Å².